The Morgan fingerprint density at radius 3 is 1.39 bits per heavy atom. The minimum Gasteiger partial charge on any atom is -0.359 e. The highest BCUT2D eigenvalue weighted by atomic mass is 15.1. The second-order valence-electron chi connectivity index (χ2n) is 15.8. The molecule has 0 amide bonds. The fourth-order valence-corrected chi connectivity index (χ4v) is 8.60. The summed E-state index contributed by atoms with van der Waals surface area (Å²) < 4.78 is 0. The van der Waals surface area contributed by atoms with Crippen molar-refractivity contribution >= 4 is 22.2 Å². The van der Waals surface area contributed by atoms with E-state index in [0.29, 0.717) is 17.5 Å². The molecule has 1 unspecified atom stereocenters. The molecule has 0 fully saturated rings. The fourth-order valence-electron chi connectivity index (χ4n) is 8.60. The summed E-state index contributed by atoms with van der Waals surface area (Å²) in [6.45, 7) is 0. The zero-order valence-corrected chi connectivity index (χ0v) is 34.9. The Bertz CT molecular complexity index is 3250. The van der Waals surface area contributed by atoms with Crippen LogP contribution in [0.1, 0.15) is 22.9 Å². The van der Waals surface area contributed by atoms with Gasteiger partial charge in [0.05, 0.1) is 5.71 Å². The van der Waals surface area contributed by atoms with Crippen molar-refractivity contribution in [2.75, 3.05) is 0 Å². The lowest BCUT2D eigenvalue weighted by Crippen LogP contribution is -2.25. The molecule has 5 nitrogen and oxygen atoms in total. The Labute approximate surface area is 372 Å². The van der Waals surface area contributed by atoms with E-state index < -0.39 is 0 Å². The van der Waals surface area contributed by atoms with E-state index in [4.69, 9.17) is 19.9 Å². The van der Waals surface area contributed by atoms with Crippen LogP contribution in [-0.2, 0) is 0 Å². The summed E-state index contributed by atoms with van der Waals surface area (Å²) in [4.78, 5) is 20.0. The summed E-state index contributed by atoms with van der Waals surface area (Å²) >= 11 is 0. The molecule has 9 aromatic carbocycles. The van der Waals surface area contributed by atoms with Crippen molar-refractivity contribution in [3.63, 3.8) is 0 Å². The lowest BCUT2D eigenvalue weighted by molar-refractivity contribution is 0.664. The average Bonchev–Trinajstić information content (AvgIpc) is 3.39. The molecule has 10 aromatic rings. The van der Waals surface area contributed by atoms with Gasteiger partial charge in [0.25, 0.3) is 0 Å². The first-order chi connectivity index (χ1) is 31.7. The van der Waals surface area contributed by atoms with E-state index in [9.17, 15) is 0 Å². The second-order valence-corrected chi connectivity index (χ2v) is 15.8. The number of aliphatic imine (C=N–C) groups is 1. The second kappa shape index (κ2) is 17.1. The van der Waals surface area contributed by atoms with E-state index in [0.717, 1.165) is 72.6 Å². The average molecular weight is 820 g/mol. The highest BCUT2D eigenvalue weighted by Crippen LogP contribution is 2.40. The highest BCUT2D eigenvalue weighted by Gasteiger charge is 2.22. The lowest BCUT2D eigenvalue weighted by atomic mass is 9.88. The van der Waals surface area contributed by atoms with Crippen molar-refractivity contribution in [3.05, 3.63) is 253 Å². The number of hydrogen-bond acceptors (Lipinski definition) is 5. The molecule has 1 aromatic heterocycles. The number of nitrogens with zero attached hydrogens (tertiary/aromatic N) is 4. The first-order valence-corrected chi connectivity index (χ1v) is 21.6. The van der Waals surface area contributed by atoms with Gasteiger partial charge in [0.15, 0.2) is 17.5 Å². The van der Waals surface area contributed by atoms with Gasteiger partial charge >= 0.3 is 0 Å². The number of rotatable bonds is 9. The molecule has 11 rings (SSSR count). The minimum atomic E-state index is -0.221. The zero-order valence-electron chi connectivity index (χ0n) is 34.9. The molecule has 5 heteroatoms. The molecule has 1 N–H and O–H groups in total. The van der Waals surface area contributed by atoms with Gasteiger partial charge in [-0.1, -0.05) is 231 Å². The third-order valence-electron chi connectivity index (χ3n) is 11.8. The molecule has 0 saturated carbocycles. The van der Waals surface area contributed by atoms with Crippen molar-refractivity contribution in [3.8, 4) is 67.5 Å². The molecule has 1 aliphatic rings. The van der Waals surface area contributed by atoms with Crippen LogP contribution in [0.3, 0.4) is 0 Å². The third-order valence-corrected chi connectivity index (χ3v) is 11.8. The van der Waals surface area contributed by atoms with Crippen LogP contribution in [0.4, 0.5) is 0 Å². The van der Waals surface area contributed by atoms with Crippen molar-refractivity contribution in [1.82, 2.24) is 20.3 Å². The van der Waals surface area contributed by atoms with E-state index in [1.165, 1.54) is 16.3 Å². The van der Waals surface area contributed by atoms with Crippen LogP contribution in [0.5, 0.6) is 0 Å². The fraction of sp³-hybridized carbons (Fsp3) is 0.0169. The Morgan fingerprint density at radius 2 is 0.781 bits per heavy atom. The molecule has 2 heterocycles. The predicted octanol–water partition coefficient (Wildman–Crippen LogP) is 14.2. The Morgan fingerprint density at radius 1 is 0.328 bits per heavy atom. The van der Waals surface area contributed by atoms with Crippen molar-refractivity contribution < 1.29 is 0 Å². The van der Waals surface area contributed by atoms with E-state index >= 15 is 0 Å². The lowest BCUT2D eigenvalue weighted by Gasteiger charge is -2.26. The van der Waals surface area contributed by atoms with E-state index in [-0.39, 0.29) is 6.17 Å². The van der Waals surface area contributed by atoms with Gasteiger partial charge in [0.1, 0.15) is 6.17 Å². The number of allylic oxidation sites excluding steroid dienone is 1. The van der Waals surface area contributed by atoms with Crippen LogP contribution >= 0.6 is 0 Å². The number of nitrogens with one attached hydrogen (secondary N) is 1. The first-order valence-electron chi connectivity index (χ1n) is 21.6. The first kappa shape index (κ1) is 38.4. The number of aromatic nitrogens is 3. The van der Waals surface area contributed by atoms with E-state index in [2.05, 4.69) is 169 Å². The van der Waals surface area contributed by atoms with Gasteiger partial charge in [-0.05, 0) is 61.4 Å². The Balaban J connectivity index is 0.957. The molecular weight excluding hydrogens is 779 g/mol. The molecule has 0 saturated heterocycles. The number of benzene rings is 9. The molecule has 0 radical (unpaired) electrons. The monoisotopic (exact) mass is 819 g/mol. The van der Waals surface area contributed by atoms with Crippen LogP contribution in [0.2, 0.25) is 0 Å². The molecule has 0 bridgehead atoms. The van der Waals surface area contributed by atoms with Crippen molar-refractivity contribution in [2.45, 2.75) is 6.17 Å². The van der Waals surface area contributed by atoms with Gasteiger partial charge in [0.2, 0.25) is 0 Å². The SMILES string of the molecule is C1=C(c2ccccc2-c2ccc(-c3c(-c4ccc(-c5nc(-c6ccccc6)nc(-c6ccccc6)n5)cc4)ccc4ccccc34)cc2)NC(c2ccccc2)N=C1c1ccccc1. The summed E-state index contributed by atoms with van der Waals surface area (Å²) in [5.74, 6) is 1.92. The summed E-state index contributed by atoms with van der Waals surface area (Å²) in [6.07, 6.45) is 1.96. The van der Waals surface area contributed by atoms with Crippen LogP contribution < -0.4 is 5.32 Å². The van der Waals surface area contributed by atoms with Gasteiger partial charge in [-0.2, -0.15) is 0 Å². The number of fused-ring (bicyclic) bond motifs is 1. The van der Waals surface area contributed by atoms with Crippen LogP contribution in [-0.4, -0.2) is 20.7 Å². The smallest absolute Gasteiger partial charge is 0.164 e. The van der Waals surface area contributed by atoms with Gasteiger partial charge in [-0.25, -0.2) is 15.0 Å². The van der Waals surface area contributed by atoms with E-state index in [1.54, 1.807) is 0 Å². The summed E-state index contributed by atoms with van der Waals surface area (Å²) in [5.41, 5.74) is 15.0. The van der Waals surface area contributed by atoms with Gasteiger partial charge in [-0.3, -0.25) is 4.99 Å². The van der Waals surface area contributed by atoms with E-state index in [1.807, 2.05) is 72.8 Å². The molecule has 64 heavy (non-hydrogen) atoms. The Kier molecular flexibility index (Phi) is 10.2. The van der Waals surface area contributed by atoms with Gasteiger partial charge in [-0.15, -0.1) is 0 Å². The van der Waals surface area contributed by atoms with Crippen LogP contribution in [0.15, 0.2) is 242 Å². The largest absolute Gasteiger partial charge is 0.359 e. The maximum Gasteiger partial charge on any atom is 0.164 e. The molecule has 1 aliphatic heterocycles. The molecule has 1 atom stereocenters. The van der Waals surface area contributed by atoms with Crippen LogP contribution in [0, 0.1) is 0 Å². The van der Waals surface area contributed by atoms with Crippen LogP contribution in [0.25, 0.3) is 84.0 Å². The molecule has 0 aliphatic carbocycles. The molecule has 302 valence electrons. The summed E-state index contributed by atoms with van der Waals surface area (Å²) in [7, 11) is 0. The molecular formula is C59H41N5. The topological polar surface area (TPSA) is 63.1 Å². The quantitative estimate of drug-likeness (QED) is 0.158. The normalized spacial score (nSPS) is 13.5. The standard InChI is InChI=1S/C59H41N5/c1-5-18-43(19-6-1)53-39-54(61-56(60-53)45-20-7-2-8-21-45)52-28-16-15-26-49(52)41-29-33-44(34-30-41)55-50-27-14-13-17-40(50)37-38-51(55)42-31-35-48(36-32-42)59-63-57(46-22-9-3-10-23-46)62-58(64-59)47-24-11-4-12-25-47/h1-39,56,61H. The number of hydrogen-bond donors (Lipinski definition) is 1. The van der Waals surface area contributed by atoms with Gasteiger partial charge < -0.3 is 5.32 Å². The predicted molar refractivity (Wildman–Crippen MR) is 263 cm³/mol. The minimum absolute atomic E-state index is 0.221. The van der Waals surface area contributed by atoms with Gasteiger partial charge in [0, 0.05) is 28.0 Å². The maximum absolute atomic E-state index is 5.17. The third kappa shape index (κ3) is 7.67. The summed E-state index contributed by atoms with van der Waals surface area (Å²) in [6, 6.07) is 80.4. The summed E-state index contributed by atoms with van der Waals surface area (Å²) in [5, 5.41) is 6.17. The van der Waals surface area contributed by atoms with Crippen molar-refractivity contribution in [1.29, 1.82) is 0 Å². The Hall–Kier alpha value is -8.54. The highest BCUT2D eigenvalue weighted by molar-refractivity contribution is 6.13. The maximum atomic E-state index is 5.17. The van der Waals surface area contributed by atoms with Crippen molar-refractivity contribution in [2.24, 2.45) is 4.99 Å². The zero-order chi connectivity index (χ0) is 42.7. The molecule has 0 spiro atoms.